The molecule has 2 unspecified atom stereocenters. The largest absolute Gasteiger partial charge is 0.390 e. The summed E-state index contributed by atoms with van der Waals surface area (Å²) in [7, 11) is 0. The quantitative estimate of drug-likeness (QED) is 0.807. The highest BCUT2D eigenvalue weighted by molar-refractivity contribution is 5.35. The van der Waals surface area contributed by atoms with E-state index in [1.165, 1.54) is 0 Å². The van der Waals surface area contributed by atoms with E-state index < -0.39 is 12.2 Å². The molecule has 0 spiro atoms. The van der Waals surface area contributed by atoms with E-state index >= 15 is 0 Å². The van der Waals surface area contributed by atoms with Crippen molar-refractivity contribution in [1.29, 1.82) is 0 Å². The molecule has 0 fully saturated rings. The number of benzene rings is 1. The lowest BCUT2D eigenvalue weighted by atomic mass is 9.82. The van der Waals surface area contributed by atoms with Crippen LogP contribution in [0.5, 0.6) is 0 Å². The van der Waals surface area contributed by atoms with Gasteiger partial charge in [-0.3, -0.25) is 0 Å². The van der Waals surface area contributed by atoms with Crippen LogP contribution in [0.15, 0.2) is 18.2 Å². The van der Waals surface area contributed by atoms with Gasteiger partial charge in [0.2, 0.25) is 0 Å². The summed E-state index contributed by atoms with van der Waals surface area (Å²) in [6.45, 7) is 9.75. The molecule has 2 N–H and O–H groups in total. The first kappa shape index (κ1) is 13.2. The zero-order chi connectivity index (χ0) is 12.5. The van der Waals surface area contributed by atoms with Crippen molar-refractivity contribution < 1.29 is 10.2 Å². The van der Waals surface area contributed by atoms with Crippen molar-refractivity contribution in [3.05, 3.63) is 34.9 Å². The Kier molecular flexibility index (Phi) is 3.76. The van der Waals surface area contributed by atoms with Gasteiger partial charge in [0.25, 0.3) is 0 Å². The Bertz CT molecular complexity index is 363. The van der Waals surface area contributed by atoms with Crippen LogP contribution in [0, 0.1) is 19.3 Å². The fraction of sp³-hybridized carbons (Fsp3) is 0.571. The second kappa shape index (κ2) is 4.56. The summed E-state index contributed by atoms with van der Waals surface area (Å²) in [5, 5.41) is 20.3. The molecule has 0 aliphatic carbocycles. The van der Waals surface area contributed by atoms with Gasteiger partial charge in [0.15, 0.2) is 0 Å². The van der Waals surface area contributed by atoms with Crippen LogP contribution in [-0.2, 0) is 0 Å². The van der Waals surface area contributed by atoms with Gasteiger partial charge in [-0.25, -0.2) is 0 Å². The summed E-state index contributed by atoms with van der Waals surface area (Å²) >= 11 is 0. The zero-order valence-corrected chi connectivity index (χ0v) is 10.8. The molecule has 2 atom stereocenters. The van der Waals surface area contributed by atoms with Gasteiger partial charge in [-0.05, 0) is 36.0 Å². The number of rotatable bonds is 2. The Morgan fingerprint density at radius 2 is 1.62 bits per heavy atom. The van der Waals surface area contributed by atoms with Crippen molar-refractivity contribution in [2.45, 2.75) is 46.8 Å². The van der Waals surface area contributed by atoms with E-state index in [1.807, 2.05) is 52.8 Å². The Balaban J connectivity index is 3.06. The van der Waals surface area contributed by atoms with Crippen LogP contribution in [0.25, 0.3) is 0 Å². The van der Waals surface area contributed by atoms with E-state index in [1.54, 1.807) is 0 Å². The molecule has 1 aromatic rings. The number of aryl methyl sites for hydroxylation is 1. The molecule has 2 heteroatoms. The van der Waals surface area contributed by atoms with Crippen LogP contribution in [0.1, 0.15) is 43.6 Å². The predicted molar refractivity (Wildman–Crippen MR) is 66.3 cm³/mol. The van der Waals surface area contributed by atoms with E-state index in [0.29, 0.717) is 0 Å². The lowest BCUT2D eigenvalue weighted by molar-refractivity contribution is -0.0461. The third-order valence-corrected chi connectivity index (χ3v) is 3.15. The van der Waals surface area contributed by atoms with Crippen LogP contribution < -0.4 is 0 Å². The highest BCUT2D eigenvalue weighted by Crippen LogP contribution is 2.31. The minimum Gasteiger partial charge on any atom is -0.390 e. The monoisotopic (exact) mass is 222 g/mol. The van der Waals surface area contributed by atoms with Crippen molar-refractivity contribution in [3.63, 3.8) is 0 Å². The minimum absolute atomic E-state index is 0.324. The number of aliphatic hydroxyl groups excluding tert-OH is 2. The van der Waals surface area contributed by atoms with Crippen molar-refractivity contribution in [2.24, 2.45) is 5.41 Å². The van der Waals surface area contributed by atoms with Gasteiger partial charge in [0.1, 0.15) is 6.10 Å². The van der Waals surface area contributed by atoms with Crippen LogP contribution in [0.2, 0.25) is 0 Å². The lowest BCUT2D eigenvalue weighted by Crippen LogP contribution is -2.32. The van der Waals surface area contributed by atoms with Gasteiger partial charge in [-0.2, -0.15) is 0 Å². The summed E-state index contributed by atoms with van der Waals surface area (Å²) in [5.74, 6) is 0. The maximum absolute atomic E-state index is 10.2. The van der Waals surface area contributed by atoms with Gasteiger partial charge < -0.3 is 10.2 Å². The number of hydrogen-bond acceptors (Lipinski definition) is 2. The highest BCUT2D eigenvalue weighted by atomic mass is 16.3. The fourth-order valence-corrected chi connectivity index (χ4v) is 1.74. The topological polar surface area (TPSA) is 40.5 Å². The molecule has 0 amide bonds. The van der Waals surface area contributed by atoms with Gasteiger partial charge in [0.05, 0.1) is 6.10 Å². The van der Waals surface area contributed by atoms with E-state index in [0.717, 1.165) is 16.7 Å². The Hall–Kier alpha value is -0.860. The maximum Gasteiger partial charge on any atom is 0.106 e. The van der Waals surface area contributed by atoms with Gasteiger partial charge >= 0.3 is 0 Å². The molecule has 1 rings (SSSR count). The first-order valence-corrected chi connectivity index (χ1v) is 5.67. The molecule has 0 heterocycles. The first-order chi connectivity index (χ1) is 7.25. The van der Waals surface area contributed by atoms with E-state index in [2.05, 4.69) is 0 Å². The number of aliphatic hydroxyl groups is 2. The molecular weight excluding hydrogens is 200 g/mol. The third-order valence-electron chi connectivity index (χ3n) is 3.15. The molecular formula is C14H22O2. The molecule has 1 aromatic carbocycles. The van der Waals surface area contributed by atoms with E-state index in [9.17, 15) is 10.2 Å². The summed E-state index contributed by atoms with van der Waals surface area (Å²) in [6, 6.07) is 5.80. The molecule has 90 valence electrons. The van der Waals surface area contributed by atoms with Gasteiger partial charge in [-0.15, -0.1) is 0 Å². The average molecular weight is 222 g/mol. The van der Waals surface area contributed by atoms with Crippen molar-refractivity contribution >= 4 is 0 Å². The first-order valence-electron chi connectivity index (χ1n) is 5.67. The van der Waals surface area contributed by atoms with Crippen LogP contribution in [0.3, 0.4) is 0 Å². The Morgan fingerprint density at radius 3 is 2.12 bits per heavy atom. The average Bonchev–Trinajstić information content (AvgIpc) is 2.18. The molecule has 0 aliphatic heterocycles. The van der Waals surface area contributed by atoms with Crippen LogP contribution in [-0.4, -0.2) is 16.3 Å². The Morgan fingerprint density at radius 1 is 1.06 bits per heavy atom. The molecule has 0 saturated carbocycles. The Labute approximate surface area is 97.9 Å². The molecule has 0 aliphatic rings. The molecule has 2 nitrogen and oxygen atoms in total. The molecule has 0 aromatic heterocycles. The fourth-order valence-electron chi connectivity index (χ4n) is 1.74. The van der Waals surface area contributed by atoms with Crippen molar-refractivity contribution in [1.82, 2.24) is 0 Å². The SMILES string of the molecule is Cc1cccc(C(O)C(O)C(C)(C)C)c1C. The zero-order valence-electron chi connectivity index (χ0n) is 10.8. The normalized spacial score (nSPS) is 15.9. The molecule has 0 radical (unpaired) electrons. The smallest absolute Gasteiger partial charge is 0.106 e. The van der Waals surface area contributed by atoms with Gasteiger partial charge in [0, 0.05) is 0 Å². The molecule has 0 saturated heterocycles. The molecule has 16 heavy (non-hydrogen) atoms. The maximum atomic E-state index is 10.2. The summed E-state index contributed by atoms with van der Waals surface area (Å²) in [6.07, 6.45) is -1.58. The van der Waals surface area contributed by atoms with E-state index in [-0.39, 0.29) is 5.41 Å². The lowest BCUT2D eigenvalue weighted by Gasteiger charge is -2.31. The van der Waals surface area contributed by atoms with Crippen molar-refractivity contribution in [2.75, 3.05) is 0 Å². The summed E-state index contributed by atoms with van der Waals surface area (Å²) in [5.41, 5.74) is 2.69. The predicted octanol–water partition coefficient (Wildman–Crippen LogP) is 2.74. The summed E-state index contributed by atoms with van der Waals surface area (Å²) < 4.78 is 0. The molecule has 0 bridgehead atoms. The standard InChI is InChI=1S/C14H22O2/c1-9-7-6-8-11(10(9)2)12(15)13(16)14(3,4)5/h6-8,12-13,15-16H,1-5H3. The third kappa shape index (κ3) is 2.63. The van der Waals surface area contributed by atoms with E-state index in [4.69, 9.17) is 0 Å². The highest BCUT2D eigenvalue weighted by Gasteiger charge is 2.30. The van der Waals surface area contributed by atoms with Crippen LogP contribution >= 0.6 is 0 Å². The van der Waals surface area contributed by atoms with Crippen LogP contribution in [0.4, 0.5) is 0 Å². The van der Waals surface area contributed by atoms with Crippen molar-refractivity contribution in [3.8, 4) is 0 Å². The minimum atomic E-state index is -0.820. The summed E-state index contributed by atoms with van der Waals surface area (Å²) in [4.78, 5) is 0. The second-order valence-corrected chi connectivity index (χ2v) is 5.54. The second-order valence-electron chi connectivity index (χ2n) is 5.54. The van der Waals surface area contributed by atoms with Gasteiger partial charge in [-0.1, -0.05) is 39.0 Å². The number of hydrogen-bond donors (Lipinski definition) is 2.